The molecule has 0 spiro atoms. The molecule has 0 N–H and O–H groups in total. The Hall–Kier alpha value is -2.67. The first kappa shape index (κ1) is 19.7. The third-order valence-electron chi connectivity index (χ3n) is 3.38. The van der Waals surface area contributed by atoms with Crippen LogP contribution in [0.25, 0.3) is 22.5 Å². The summed E-state index contributed by atoms with van der Waals surface area (Å²) in [6.45, 7) is 3.73. The predicted octanol–water partition coefficient (Wildman–Crippen LogP) is 3.58. The van der Waals surface area contributed by atoms with Gasteiger partial charge in [0, 0.05) is 42.1 Å². The second-order valence-electron chi connectivity index (χ2n) is 5.02. The minimum atomic E-state index is 0. The number of carbonyl (C=O) groups excluding carboxylic acids is 1. The van der Waals surface area contributed by atoms with E-state index in [0.29, 0.717) is 23.9 Å². The van der Waals surface area contributed by atoms with Crippen molar-refractivity contribution in [2.75, 3.05) is 6.61 Å². The number of aromatic nitrogens is 2. The minimum absolute atomic E-state index is 0. The fourth-order valence-corrected chi connectivity index (χ4v) is 2.18. The van der Waals surface area contributed by atoms with Gasteiger partial charge in [-0.25, -0.2) is 9.97 Å². The maximum absolute atomic E-state index is 10.2. The molecular weight excluding hydrogens is 371 g/mol. The molecule has 0 aliphatic rings. The van der Waals surface area contributed by atoms with Gasteiger partial charge >= 0.3 is 0 Å². The molecule has 0 unspecified atom stereocenters. The number of nitrogens with zero attached hydrogens (tertiary/aromatic N) is 2. The zero-order chi connectivity index (χ0) is 17.5. The van der Waals surface area contributed by atoms with Crippen molar-refractivity contribution in [1.29, 1.82) is 0 Å². The number of ether oxygens (including phenoxy) is 1. The smallest absolute Gasteiger partial charge is 0.170 e. The zero-order valence-corrected chi connectivity index (χ0v) is 15.4. The summed E-state index contributed by atoms with van der Waals surface area (Å²) in [5.74, 6) is 1.64. The molecule has 2 aromatic carbocycles. The van der Waals surface area contributed by atoms with Gasteiger partial charge in [-0.15, -0.1) is 12.1 Å². The molecule has 1 radical (unpaired) electrons. The van der Waals surface area contributed by atoms with Gasteiger partial charge in [0.25, 0.3) is 0 Å². The van der Waals surface area contributed by atoms with Gasteiger partial charge in [0.15, 0.2) is 18.0 Å². The first-order valence-corrected chi connectivity index (χ1v) is 7.66. The zero-order valence-electron chi connectivity index (χ0n) is 14.0. The first-order chi connectivity index (χ1) is 12.3. The Balaban J connectivity index is 0.00000243. The molecule has 0 aliphatic carbocycles. The average molecular weight is 386 g/mol. The Morgan fingerprint density at radius 3 is 2.00 bits per heavy atom. The molecule has 0 saturated carbocycles. The molecule has 0 amide bonds. The maximum atomic E-state index is 10.2. The number of hydrogen-bond donors (Lipinski definition) is 0. The van der Waals surface area contributed by atoms with Crippen LogP contribution in [0.4, 0.5) is 0 Å². The van der Waals surface area contributed by atoms with Crippen LogP contribution in [-0.2, 0) is 28.2 Å². The van der Waals surface area contributed by atoms with E-state index in [1.54, 1.807) is 36.7 Å². The predicted molar refractivity (Wildman–Crippen MR) is 91.5 cm³/mol. The van der Waals surface area contributed by atoms with Gasteiger partial charge in [-0.05, 0) is 30.4 Å². The summed E-state index contributed by atoms with van der Waals surface area (Å²) in [5, 5.41) is 0. The molecule has 3 aromatic rings. The van der Waals surface area contributed by atoms with E-state index in [9.17, 15) is 4.79 Å². The van der Waals surface area contributed by atoms with Gasteiger partial charge in [0.2, 0.25) is 0 Å². The summed E-state index contributed by atoms with van der Waals surface area (Å²) in [6.07, 6.45) is 3.51. The minimum Gasteiger partial charge on any atom is -0.610 e. The van der Waals surface area contributed by atoms with E-state index in [4.69, 9.17) is 9.78 Å². The SMILES string of the molecule is CCOOc1ccc(-c2cnc(-c3ccc(O[C-]=O)cc3)nc2)cc1.[V]. The van der Waals surface area contributed by atoms with Crippen molar-refractivity contribution in [3.8, 4) is 34.0 Å². The van der Waals surface area contributed by atoms with Gasteiger partial charge in [0.05, 0.1) is 6.61 Å². The summed E-state index contributed by atoms with van der Waals surface area (Å²) in [7, 11) is 0. The molecule has 3 rings (SSSR count). The van der Waals surface area contributed by atoms with Crippen molar-refractivity contribution in [1.82, 2.24) is 9.97 Å². The summed E-state index contributed by atoms with van der Waals surface area (Å²) in [6, 6.07) is 14.3. The van der Waals surface area contributed by atoms with Gasteiger partial charge in [-0.2, -0.15) is 4.89 Å². The second-order valence-corrected chi connectivity index (χ2v) is 5.02. The Morgan fingerprint density at radius 1 is 0.846 bits per heavy atom. The van der Waals surface area contributed by atoms with Crippen LogP contribution < -0.4 is 9.62 Å². The van der Waals surface area contributed by atoms with E-state index >= 15 is 0 Å². The maximum Gasteiger partial charge on any atom is 0.170 e. The third kappa shape index (κ3) is 4.92. The number of hydrogen-bond acceptors (Lipinski definition) is 6. The molecule has 0 saturated heterocycles. The third-order valence-corrected chi connectivity index (χ3v) is 3.38. The van der Waals surface area contributed by atoms with Crippen molar-refractivity contribution < 1.29 is 37.9 Å². The van der Waals surface area contributed by atoms with Crippen LogP contribution in [0.15, 0.2) is 60.9 Å². The van der Waals surface area contributed by atoms with E-state index in [1.165, 1.54) is 6.47 Å². The fourth-order valence-electron chi connectivity index (χ4n) is 2.18. The monoisotopic (exact) mass is 386 g/mol. The Labute approximate surface area is 163 Å². The van der Waals surface area contributed by atoms with Crippen LogP contribution in [-0.4, -0.2) is 23.0 Å². The molecule has 1 heterocycles. The molecule has 26 heavy (non-hydrogen) atoms. The molecule has 1 aromatic heterocycles. The quantitative estimate of drug-likeness (QED) is 0.351. The van der Waals surface area contributed by atoms with Gasteiger partial charge < -0.3 is 14.4 Å². The average Bonchev–Trinajstić information content (AvgIpc) is 2.68. The normalized spacial score (nSPS) is 9.88. The molecular formula is C19H15N2O4V-. The summed E-state index contributed by atoms with van der Waals surface area (Å²) < 4.78 is 4.64. The summed E-state index contributed by atoms with van der Waals surface area (Å²) in [5.41, 5.74) is 2.69. The van der Waals surface area contributed by atoms with Gasteiger partial charge in [-0.1, -0.05) is 24.3 Å². The van der Waals surface area contributed by atoms with Crippen molar-refractivity contribution >= 4 is 6.47 Å². The van der Waals surface area contributed by atoms with Crippen molar-refractivity contribution in [2.24, 2.45) is 0 Å². The van der Waals surface area contributed by atoms with E-state index in [0.717, 1.165) is 16.7 Å². The van der Waals surface area contributed by atoms with Crippen molar-refractivity contribution in [3.63, 3.8) is 0 Å². The van der Waals surface area contributed by atoms with Crippen molar-refractivity contribution in [3.05, 3.63) is 60.9 Å². The topological polar surface area (TPSA) is 70.5 Å². The molecule has 6 nitrogen and oxygen atoms in total. The van der Waals surface area contributed by atoms with Crippen LogP contribution in [0, 0.1) is 0 Å². The Bertz CT molecular complexity index is 822. The summed E-state index contributed by atoms with van der Waals surface area (Å²) >= 11 is 0. The van der Waals surface area contributed by atoms with Crippen LogP contribution >= 0.6 is 0 Å². The molecule has 0 fully saturated rings. The van der Waals surface area contributed by atoms with E-state index < -0.39 is 0 Å². The fraction of sp³-hybridized carbons (Fsp3) is 0.105. The number of rotatable bonds is 7. The first-order valence-electron chi connectivity index (χ1n) is 7.66. The summed E-state index contributed by atoms with van der Waals surface area (Å²) in [4.78, 5) is 28.9. The van der Waals surface area contributed by atoms with Gasteiger partial charge in [-0.3, -0.25) is 0 Å². The largest absolute Gasteiger partial charge is 0.610 e. The van der Waals surface area contributed by atoms with Crippen LogP contribution in [0.3, 0.4) is 0 Å². The molecule has 7 heteroatoms. The van der Waals surface area contributed by atoms with E-state index in [-0.39, 0.29) is 18.6 Å². The molecule has 131 valence electrons. The van der Waals surface area contributed by atoms with Crippen LogP contribution in [0.2, 0.25) is 0 Å². The van der Waals surface area contributed by atoms with Crippen LogP contribution in [0.5, 0.6) is 11.5 Å². The van der Waals surface area contributed by atoms with Crippen molar-refractivity contribution in [2.45, 2.75) is 6.92 Å². The second kappa shape index (κ2) is 9.72. The van der Waals surface area contributed by atoms with E-state index in [2.05, 4.69) is 14.7 Å². The molecule has 0 atom stereocenters. The Kier molecular flexibility index (Phi) is 7.35. The Morgan fingerprint density at radius 2 is 1.42 bits per heavy atom. The number of benzene rings is 2. The van der Waals surface area contributed by atoms with Gasteiger partial charge in [0.1, 0.15) is 0 Å². The molecule has 0 bridgehead atoms. The standard InChI is InChI=1S/C19H15N2O4.V/c1-2-24-25-18-9-3-14(4-10-18)16-11-20-19(21-12-16)15-5-7-17(8-6-15)23-13-22;/h3-12H,2H2,1H3;/q-1;. The molecule has 0 aliphatic heterocycles. The van der Waals surface area contributed by atoms with E-state index in [1.807, 2.05) is 31.2 Å². The van der Waals surface area contributed by atoms with Crippen LogP contribution in [0.1, 0.15) is 6.92 Å².